The van der Waals surface area contributed by atoms with E-state index in [0.29, 0.717) is 0 Å². The van der Waals surface area contributed by atoms with Crippen LogP contribution in [-0.2, 0) is 18.8 Å². The second-order valence-electron chi connectivity index (χ2n) is 3.80. The van der Waals surface area contributed by atoms with Gasteiger partial charge in [0.1, 0.15) is 5.75 Å². The van der Waals surface area contributed by atoms with Crippen LogP contribution in [0, 0.1) is 0 Å². The van der Waals surface area contributed by atoms with Crippen LogP contribution in [0.25, 0.3) is 0 Å². The molecule has 19 heavy (non-hydrogen) atoms. The molecule has 1 rings (SSSR count). The number of aliphatic hydroxyl groups is 1. The lowest BCUT2D eigenvalue weighted by molar-refractivity contribution is 0.361. The number of hydrogen-bond donors (Lipinski definition) is 1. The van der Waals surface area contributed by atoms with Gasteiger partial charge in [-0.15, -0.1) is 11.7 Å². The van der Waals surface area contributed by atoms with Crippen LogP contribution in [0.2, 0.25) is 0 Å². The maximum Gasteiger partial charge on any atom is 0.293 e. The molecule has 0 aliphatic carbocycles. The van der Waals surface area contributed by atoms with Gasteiger partial charge in [0.2, 0.25) is 8.88 Å². The fourth-order valence-electron chi connectivity index (χ4n) is 1.15. The van der Waals surface area contributed by atoms with E-state index in [1.165, 1.54) is 12.1 Å². The van der Waals surface area contributed by atoms with Crippen molar-refractivity contribution < 1.29 is 25.9 Å². The minimum Gasteiger partial charge on any atom is -0.477 e. The van der Waals surface area contributed by atoms with Gasteiger partial charge in [-0.1, -0.05) is 0 Å². The van der Waals surface area contributed by atoms with Gasteiger partial charge in [0, 0.05) is 29.7 Å². The first-order chi connectivity index (χ1) is 8.57. The van der Waals surface area contributed by atoms with Crippen molar-refractivity contribution in [2.75, 3.05) is 24.9 Å². The lowest BCUT2D eigenvalue weighted by atomic mass is 10.3. The van der Waals surface area contributed by atoms with E-state index in [0.717, 1.165) is 5.69 Å². The molecule has 0 radical (unpaired) electrons. The van der Waals surface area contributed by atoms with Gasteiger partial charge >= 0.3 is 0 Å². The molecule has 0 heterocycles. The van der Waals surface area contributed by atoms with Gasteiger partial charge in [0.25, 0.3) is 5.30 Å². The van der Waals surface area contributed by atoms with Crippen LogP contribution in [-0.4, -0.2) is 30.4 Å². The highest BCUT2D eigenvalue weighted by molar-refractivity contribution is 8.48. The summed E-state index contributed by atoms with van der Waals surface area (Å²) in [6.07, 6.45) is 0. The first kappa shape index (κ1) is 16.0. The summed E-state index contributed by atoms with van der Waals surface area (Å²) in [5, 5.41) is 5.89. The minimum absolute atomic E-state index is 0.0282. The van der Waals surface area contributed by atoms with E-state index in [1.807, 2.05) is 0 Å². The van der Waals surface area contributed by atoms with Gasteiger partial charge in [0.15, 0.2) is 5.94 Å². The largest absolute Gasteiger partial charge is 0.477 e. The van der Waals surface area contributed by atoms with Crippen molar-refractivity contribution in [1.29, 1.82) is 0 Å². The summed E-state index contributed by atoms with van der Waals surface area (Å²) in [6, 6.07) is 5.98. The molecular formula is C10H13F4NO2S2. The molecule has 1 aromatic carbocycles. The standard InChI is InChI=1S/C10H13F4NO2S2/c1-15(2)8-3-5-9(6-4-8)17-7-19(12,13,14)18-10(11)16/h3-6,16H,7H2,1-2H3. The van der Waals surface area contributed by atoms with Crippen molar-refractivity contribution >= 4 is 29.8 Å². The third kappa shape index (κ3) is 5.62. The number of ether oxygens (including phenoxy) is 1. The fraction of sp³-hybridized carbons (Fsp3) is 0.300. The fourth-order valence-corrected chi connectivity index (χ4v) is 2.82. The third-order valence-electron chi connectivity index (χ3n) is 1.98. The van der Waals surface area contributed by atoms with Crippen molar-refractivity contribution in [3.8, 4) is 5.75 Å². The topological polar surface area (TPSA) is 32.7 Å². The van der Waals surface area contributed by atoms with Crippen LogP contribution < -0.4 is 9.64 Å². The van der Waals surface area contributed by atoms with Gasteiger partial charge in [-0.3, -0.25) is 0 Å². The average Bonchev–Trinajstić information content (AvgIpc) is 2.24. The van der Waals surface area contributed by atoms with Crippen LogP contribution in [0.4, 0.5) is 21.7 Å². The number of nitrogens with zero attached hydrogens (tertiary/aromatic N) is 1. The number of halogens is 4. The van der Waals surface area contributed by atoms with Gasteiger partial charge in [-0.25, -0.2) is 0 Å². The molecular weight excluding hydrogens is 306 g/mol. The van der Waals surface area contributed by atoms with Crippen molar-refractivity contribution in [2.24, 2.45) is 0 Å². The number of rotatable bonds is 4. The summed E-state index contributed by atoms with van der Waals surface area (Å²) in [4.78, 5) is 1.79. The Labute approximate surface area is 111 Å². The highest BCUT2D eigenvalue weighted by Gasteiger charge is 2.32. The molecule has 3 nitrogen and oxygen atoms in total. The lowest BCUT2D eigenvalue weighted by Gasteiger charge is -2.20. The number of aliphatic hydroxyl groups excluding tert-OH is 1. The van der Waals surface area contributed by atoms with E-state index in [4.69, 9.17) is 5.11 Å². The summed E-state index contributed by atoms with van der Waals surface area (Å²) in [7, 11) is -4.22. The Bertz CT molecular complexity index is 546. The number of hydrogen-bond acceptors (Lipinski definition) is 2. The smallest absolute Gasteiger partial charge is 0.293 e. The first-order valence-electron chi connectivity index (χ1n) is 4.97. The van der Waals surface area contributed by atoms with Crippen molar-refractivity contribution in [3.63, 3.8) is 0 Å². The molecule has 110 valence electrons. The summed E-state index contributed by atoms with van der Waals surface area (Å²) < 4.78 is 55.9. The zero-order valence-electron chi connectivity index (χ0n) is 10.1. The van der Waals surface area contributed by atoms with Crippen LogP contribution in [0.3, 0.4) is 0 Å². The molecule has 1 aromatic rings. The lowest BCUT2D eigenvalue weighted by Crippen LogP contribution is -2.22. The minimum atomic E-state index is -6.68. The van der Waals surface area contributed by atoms with E-state index < -0.39 is 30.0 Å². The molecule has 0 spiro atoms. The molecule has 9 heteroatoms. The van der Waals surface area contributed by atoms with Gasteiger partial charge in [0.05, 0.1) is 0 Å². The molecule has 1 N–H and O–H groups in total. The van der Waals surface area contributed by atoms with E-state index >= 15 is 0 Å². The molecule has 0 atom stereocenters. The van der Waals surface area contributed by atoms with E-state index in [9.17, 15) is 16.0 Å². The monoisotopic (exact) mass is 319 g/mol. The Morgan fingerprint density at radius 1 is 1.26 bits per heavy atom. The molecule has 0 aliphatic heterocycles. The molecule has 0 saturated heterocycles. The molecule has 0 amide bonds. The van der Waals surface area contributed by atoms with Crippen molar-refractivity contribution in [2.45, 2.75) is 0 Å². The average molecular weight is 319 g/mol. The third-order valence-corrected chi connectivity index (χ3v) is 4.53. The molecule has 0 fully saturated rings. The summed E-state index contributed by atoms with van der Waals surface area (Å²) in [5.74, 6) is -1.59. The Morgan fingerprint density at radius 3 is 2.21 bits per heavy atom. The van der Waals surface area contributed by atoms with E-state index in [2.05, 4.69) is 4.74 Å². The SMILES string of the molecule is CN(C)c1ccc(OCS(F)(F)(F)=S=C(O)F)cc1. The summed E-state index contributed by atoms with van der Waals surface area (Å²) >= 11 is 0. The maximum atomic E-state index is 13.1. The van der Waals surface area contributed by atoms with Crippen molar-refractivity contribution in [1.82, 2.24) is 0 Å². The maximum absolute atomic E-state index is 13.1. The molecule has 0 saturated carbocycles. The molecule has 0 aromatic heterocycles. The zero-order chi connectivity index (χ0) is 14.7. The van der Waals surface area contributed by atoms with Gasteiger partial charge < -0.3 is 14.7 Å². The Morgan fingerprint density at radius 2 is 1.79 bits per heavy atom. The van der Waals surface area contributed by atoms with Crippen LogP contribution in [0.5, 0.6) is 5.75 Å². The number of benzene rings is 1. The predicted octanol–water partition coefficient (Wildman–Crippen LogP) is 3.04. The first-order valence-corrected chi connectivity index (χ1v) is 8.21. The second-order valence-corrected chi connectivity index (χ2v) is 8.49. The van der Waals surface area contributed by atoms with Crippen LogP contribution >= 0.6 is 0 Å². The second kappa shape index (κ2) is 5.51. The van der Waals surface area contributed by atoms with Crippen molar-refractivity contribution in [3.05, 3.63) is 24.3 Å². The van der Waals surface area contributed by atoms with E-state index in [-0.39, 0.29) is 5.75 Å². The summed E-state index contributed by atoms with van der Waals surface area (Å²) in [6.45, 7) is 0. The Hall–Kier alpha value is -1.06. The molecule has 0 unspecified atom stereocenters. The van der Waals surface area contributed by atoms with Gasteiger partial charge in [-0.2, -0.15) is 4.39 Å². The number of anilines is 1. The Balaban J connectivity index is 2.86. The van der Waals surface area contributed by atoms with Gasteiger partial charge in [-0.05, 0) is 24.3 Å². The molecule has 0 aliphatic rings. The Kier molecular flexibility index (Phi) is 4.64. The quantitative estimate of drug-likeness (QED) is 0.526. The normalized spacial score (nSPS) is 13.3. The summed E-state index contributed by atoms with van der Waals surface area (Å²) in [5.41, 5.74) is 0.813. The highest BCUT2D eigenvalue weighted by atomic mass is 32.9. The highest BCUT2D eigenvalue weighted by Crippen LogP contribution is 2.34. The predicted molar refractivity (Wildman–Crippen MR) is 73.1 cm³/mol. The molecule has 0 bridgehead atoms. The van der Waals surface area contributed by atoms with Crippen LogP contribution in [0.1, 0.15) is 0 Å². The van der Waals surface area contributed by atoms with Crippen LogP contribution in [0.15, 0.2) is 24.3 Å². The van der Waals surface area contributed by atoms with E-state index in [1.54, 1.807) is 31.1 Å². The zero-order valence-corrected chi connectivity index (χ0v) is 11.8.